The molecule has 0 fully saturated rings. The standard InChI is InChI=1S/C20H19ClN4O3/c1-13(26)18-11-17(24-25(18)16-5-3-2-4-6-16)20(28)22-12-19(27)23-15-9-7-14(21)8-10-15/h2-10,18H,11-12H2,1H3,(H,22,28)(H,23,27). The second-order valence-electron chi connectivity index (χ2n) is 6.30. The van der Waals surface area contributed by atoms with Crippen LogP contribution in [0.1, 0.15) is 13.3 Å². The summed E-state index contributed by atoms with van der Waals surface area (Å²) in [5, 5.41) is 11.6. The zero-order chi connectivity index (χ0) is 20.1. The first-order valence-corrected chi connectivity index (χ1v) is 9.07. The lowest BCUT2D eigenvalue weighted by Crippen LogP contribution is -2.37. The number of nitrogens with one attached hydrogen (secondary N) is 2. The fraction of sp³-hybridized carbons (Fsp3) is 0.200. The number of halogens is 1. The normalized spacial score (nSPS) is 15.7. The van der Waals surface area contributed by atoms with Gasteiger partial charge < -0.3 is 10.6 Å². The highest BCUT2D eigenvalue weighted by Crippen LogP contribution is 2.25. The quantitative estimate of drug-likeness (QED) is 0.782. The number of ketones is 1. The zero-order valence-corrected chi connectivity index (χ0v) is 15.9. The van der Waals surface area contributed by atoms with Crippen molar-refractivity contribution in [1.29, 1.82) is 0 Å². The molecule has 0 saturated heterocycles. The Hall–Kier alpha value is -3.19. The van der Waals surface area contributed by atoms with Crippen LogP contribution in [0.4, 0.5) is 11.4 Å². The van der Waals surface area contributed by atoms with Crippen molar-refractivity contribution in [1.82, 2.24) is 5.32 Å². The molecule has 0 saturated carbocycles. The van der Waals surface area contributed by atoms with Gasteiger partial charge in [-0.1, -0.05) is 29.8 Å². The molecule has 7 nitrogen and oxygen atoms in total. The molecule has 1 atom stereocenters. The molecular weight excluding hydrogens is 380 g/mol. The van der Waals surface area contributed by atoms with Gasteiger partial charge in [0.05, 0.1) is 12.2 Å². The van der Waals surface area contributed by atoms with Gasteiger partial charge in [-0.05, 0) is 43.3 Å². The van der Waals surface area contributed by atoms with E-state index in [9.17, 15) is 14.4 Å². The highest BCUT2D eigenvalue weighted by atomic mass is 35.5. The maximum absolute atomic E-state index is 12.4. The monoisotopic (exact) mass is 398 g/mol. The van der Waals surface area contributed by atoms with Crippen molar-refractivity contribution in [3.63, 3.8) is 0 Å². The second kappa shape index (κ2) is 8.67. The van der Waals surface area contributed by atoms with Crippen molar-refractivity contribution >= 4 is 46.3 Å². The SMILES string of the molecule is CC(=O)C1CC(C(=O)NCC(=O)Nc2ccc(Cl)cc2)=NN1c1ccccc1. The summed E-state index contributed by atoms with van der Waals surface area (Å²) in [4.78, 5) is 36.4. The molecule has 1 aliphatic heterocycles. The minimum atomic E-state index is -0.536. The van der Waals surface area contributed by atoms with Gasteiger partial charge in [0, 0.05) is 17.1 Å². The Morgan fingerprint density at radius 3 is 2.43 bits per heavy atom. The molecule has 3 rings (SSSR count). The molecule has 0 spiro atoms. The van der Waals surface area contributed by atoms with Crippen LogP contribution in [-0.2, 0) is 14.4 Å². The maximum atomic E-state index is 12.4. The Kier molecular flexibility index (Phi) is 6.06. The number of Topliss-reactive ketones (excluding diaryl/α,β-unsaturated/α-hetero) is 1. The van der Waals surface area contributed by atoms with Crippen molar-refractivity contribution < 1.29 is 14.4 Å². The minimum absolute atomic E-state index is 0.0871. The fourth-order valence-corrected chi connectivity index (χ4v) is 2.91. The second-order valence-corrected chi connectivity index (χ2v) is 6.73. The van der Waals surface area contributed by atoms with Gasteiger partial charge in [-0.25, -0.2) is 0 Å². The van der Waals surface area contributed by atoms with Crippen LogP contribution in [0.3, 0.4) is 0 Å². The molecule has 1 aliphatic rings. The molecule has 2 N–H and O–H groups in total. The molecule has 1 unspecified atom stereocenters. The Balaban J connectivity index is 1.61. The van der Waals surface area contributed by atoms with Gasteiger partial charge in [0.15, 0.2) is 5.78 Å². The summed E-state index contributed by atoms with van der Waals surface area (Å²) in [5.74, 6) is -0.941. The Labute approximate surface area is 167 Å². The first-order valence-electron chi connectivity index (χ1n) is 8.70. The summed E-state index contributed by atoms with van der Waals surface area (Å²) in [6, 6.07) is 15.3. The van der Waals surface area contributed by atoms with Crippen LogP contribution in [0.5, 0.6) is 0 Å². The topological polar surface area (TPSA) is 90.9 Å². The van der Waals surface area contributed by atoms with E-state index >= 15 is 0 Å². The summed E-state index contributed by atoms with van der Waals surface area (Å²) < 4.78 is 0. The van der Waals surface area contributed by atoms with E-state index in [1.54, 1.807) is 29.3 Å². The first-order chi connectivity index (χ1) is 13.4. The van der Waals surface area contributed by atoms with E-state index in [1.807, 2.05) is 30.3 Å². The molecule has 28 heavy (non-hydrogen) atoms. The number of carbonyl (C=O) groups is 3. The molecule has 2 amide bonds. The number of hydrazone groups is 1. The lowest BCUT2D eigenvalue weighted by Gasteiger charge is -2.20. The van der Waals surface area contributed by atoms with Crippen LogP contribution in [0, 0.1) is 0 Å². The van der Waals surface area contributed by atoms with Gasteiger partial charge in [0.1, 0.15) is 11.8 Å². The summed E-state index contributed by atoms with van der Waals surface area (Å²) in [6.45, 7) is 1.26. The third-order valence-corrected chi connectivity index (χ3v) is 4.45. The van der Waals surface area contributed by atoms with Crippen LogP contribution in [-0.4, -0.2) is 35.9 Å². The van der Waals surface area contributed by atoms with Gasteiger partial charge in [-0.15, -0.1) is 0 Å². The maximum Gasteiger partial charge on any atom is 0.268 e. The predicted molar refractivity (Wildman–Crippen MR) is 109 cm³/mol. The minimum Gasteiger partial charge on any atom is -0.342 e. The van der Waals surface area contributed by atoms with Gasteiger partial charge in [0.25, 0.3) is 5.91 Å². The number of benzene rings is 2. The number of hydrogen-bond acceptors (Lipinski definition) is 5. The molecule has 2 aromatic carbocycles. The molecule has 0 aliphatic carbocycles. The van der Waals surface area contributed by atoms with Crippen molar-refractivity contribution in [2.75, 3.05) is 16.9 Å². The third-order valence-electron chi connectivity index (χ3n) is 4.20. The molecule has 1 heterocycles. The Bertz CT molecular complexity index is 913. The van der Waals surface area contributed by atoms with Crippen molar-refractivity contribution in [2.45, 2.75) is 19.4 Å². The Morgan fingerprint density at radius 2 is 1.79 bits per heavy atom. The third kappa shape index (κ3) is 4.75. The van der Waals surface area contributed by atoms with E-state index in [0.717, 1.165) is 5.69 Å². The average molecular weight is 399 g/mol. The number of anilines is 2. The number of hydrogen-bond donors (Lipinski definition) is 2. The molecule has 8 heteroatoms. The number of nitrogens with zero attached hydrogens (tertiary/aromatic N) is 2. The smallest absolute Gasteiger partial charge is 0.268 e. The molecule has 144 valence electrons. The van der Waals surface area contributed by atoms with E-state index in [-0.39, 0.29) is 30.4 Å². The number of rotatable bonds is 6. The lowest BCUT2D eigenvalue weighted by molar-refractivity contribution is -0.120. The summed E-state index contributed by atoms with van der Waals surface area (Å²) in [5.41, 5.74) is 1.52. The number of carbonyl (C=O) groups excluding carboxylic acids is 3. The van der Waals surface area contributed by atoms with E-state index in [4.69, 9.17) is 11.6 Å². The molecule has 2 aromatic rings. The fourth-order valence-electron chi connectivity index (χ4n) is 2.78. The lowest BCUT2D eigenvalue weighted by atomic mass is 10.1. The highest BCUT2D eigenvalue weighted by Gasteiger charge is 2.34. The summed E-state index contributed by atoms with van der Waals surface area (Å²) in [6.07, 6.45) is 0.189. The number of para-hydroxylation sites is 1. The average Bonchev–Trinajstić information content (AvgIpc) is 3.14. The molecular formula is C20H19ClN4O3. The Morgan fingerprint density at radius 1 is 1.11 bits per heavy atom. The van der Waals surface area contributed by atoms with Crippen LogP contribution in [0.2, 0.25) is 5.02 Å². The van der Waals surface area contributed by atoms with Crippen molar-refractivity contribution in [3.05, 3.63) is 59.6 Å². The molecule has 0 bridgehead atoms. The van der Waals surface area contributed by atoms with Gasteiger partial charge >= 0.3 is 0 Å². The molecule has 0 radical (unpaired) electrons. The van der Waals surface area contributed by atoms with Crippen LogP contribution in [0.25, 0.3) is 0 Å². The van der Waals surface area contributed by atoms with Crippen molar-refractivity contribution in [2.24, 2.45) is 5.10 Å². The van der Waals surface area contributed by atoms with Gasteiger partial charge in [-0.3, -0.25) is 19.4 Å². The first kappa shape index (κ1) is 19.6. The zero-order valence-electron chi connectivity index (χ0n) is 15.2. The van der Waals surface area contributed by atoms with Crippen LogP contribution >= 0.6 is 11.6 Å². The van der Waals surface area contributed by atoms with E-state index < -0.39 is 11.9 Å². The van der Waals surface area contributed by atoms with E-state index in [1.165, 1.54) is 6.92 Å². The van der Waals surface area contributed by atoms with Crippen LogP contribution < -0.4 is 15.6 Å². The largest absolute Gasteiger partial charge is 0.342 e. The summed E-state index contributed by atoms with van der Waals surface area (Å²) in [7, 11) is 0. The van der Waals surface area contributed by atoms with Gasteiger partial charge in [-0.2, -0.15) is 5.10 Å². The van der Waals surface area contributed by atoms with Gasteiger partial charge in [0.2, 0.25) is 5.91 Å². The summed E-state index contributed by atoms with van der Waals surface area (Å²) >= 11 is 5.80. The molecule has 0 aromatic heterocycles. The van der Waals surface area contributed by atoms with Crippen molar-refractivity contribution in [3.8, 4) is 0 Å². The van der Waals surface area contributed by atoms with E-state index in [2.05, 4.69) is 15.7 Å². The van der Waals surface area contributed by atoms with E-state index in [0.29, 0.717) is 10.7 Å². The predicted octanol–water partition coefficient (Wildman–Crippen LogP) is 2.62. The highest BCUT2D eigenvalue weighted by molar-refractivity contribution is 6.40. The number of amides is 2. The van der Waals surface area contributed by atoms with Crippen LogP contribution in [0.15, 0.2) is 59.7 Å².